The molecule has 1 aliphatic heterocycles. The summed E-state index contributed by atoms with van der Waals surface area (Å²) < 4.78 is 1.90. The summed E-state index contributed by atoms with van der Waals surface area (Å²) in [5.41, 5.74) is 1.02. The van der Waals surface area contributed by atoms with Crippen molar-refractivity contribution >= 4 is 17.4 Å². The van der Waals surface area contributed by atoms with Crippen molar-refractivity contribution in [3.05, 3.63) is 28.2 Å². The largest absolute Gasteiger partial charge is 0.328 e. The van der Waals surface area contributed by atoms with Crippen molar-refractivity contribution in [3.8, 4) is 0 Å². The van der Waals surface area contributed by atoms with Crippen molar-refractivity contribution in [2.45, 2.75) is 44.7 Å². The first kappa shape index (κ1) is 15.6. The average Bonchev–Trinajstić information content (AvgIpc) is 2.95. The summed E-state index contributed by atoms with van der Waals surface area (Å²) in [6.07, 6.45) is 5.95. The Morgan fingerprint density at radius 2 is 2.25 bits per heavy atom. The maximum absolute atomic E-state index is 12.9. The molecule has 8 heteroatoms. The number of hydrogen-bond donors (Lipinski definition) is 1. The van der Waals surface area contributed by atoms with E-state index in [0.29, 0.717) is 5.92 Å². The van der Waals surface area contributed by atoms with Crippen LogP contribution in [0.15, 0.2) is 11.7 Å². The number of thiazole rings is 1. The van der Waals surface area contributed by atoms with Gasteiger partial charge in [-0.1, -0.05) is 0 Å². The molecule has 2 aromatic heterocycles. The maximum Gasteiger partial charge on any atom is 0.318 e. The SMILES string of the molecule is Cc1csc([C@@H](NC(=O)N2CCC[C@H]2c2nncn2C)C2CC2)n1. The van der Waals surface area contributed by atoms with E-state index in [1.807, 2.05) is 23.4 Å². The second-order valence-electron chi connectivity index (χ2n) is 6.74. The highest BCUT2D eigenvalue weighted by molar-refractivity contribution is 7.09. The zero-order chi connectivity index (χ0) is 16.7. The number of amides is 2. The Bertz CT molecular complexity index is 737. The zero-order valence-corrected chi connectivity index (χ0v) is 14.8. The number of nitrogens with zero attached hydrogens (tertiary/aromatic N) is 5. The van der Waals surface area contributed by atoms with Crippen LogP contribution in [0, 0.1) is 12.8 Å². The highest BCUT2D eigenvalue weighted by atomic mass is 32.1. The minimum Gasteiger partial charge on any atom is -0.328 e. The highest BCUT2D eigenvalue weighted by Gasteiger charge is 2.39. The second kappa shape index (κ2) is 6.16. The molecule has 2 aromatic rings. The van der Waals surface area contributed by atoms with Crippen molar-refractivity contribution in [1.82, 2.24) is 30.0 Å². The number of carbonyl (C=O) groups is 1. The van der Waals surface area contributed by atoms with E-state index in [2.05, 4.69) is 25.9 Å². The molecule has 0 bridgehead atoms. The number of carbonyl (C=O) groups excluding carboxylic acids is 1. The van der Waals surface area contributed by atoms with Gasteiger partial charge in [0.05, 0.1) is 12.1 Å². The Hall–Kier alpha value is -1.96. The van der Waals surface area contributed by atoms with Crippen LogP contribution in [0.5, 0.6) is 0 Å². The van der Waals surface area contributed by atoms with E-state index < -0.39 is 0 Å². The molecule has 3 heterocycles. The van der Waals surface area contributed by atoms with Gasteiger partial charge in [0, 0.05) is 24.7 Å². The molecule has 1 N–H and O–H groups in total. The van der Waals surface area contributed by atoms with Crippen molar-refractivity contribution in [3.63, 3.8) is 0 Å². The molecular weight excluding hydrogens is 324 g/mol. The van der Waals surface area contributed by atoms with E-state index in [1.54, 1.807) is 17.7 Å². The van der Waals surface area contributed by atoms with Gasteiger partial charge in [0.15, 0.2) is 5.82 Å². The lowest BCUT2D eigenvalue weighted by Crippen LogP contribution is -2.42. The second-order valence-corrected chi connectivity index (χ2v) is 7.63. The summed E-state index contributed by atoms with van der Waals surface area (Å²) in [5.74, 6) is 1.38. The number of aromatic nitrogens is 4. The molecule has 0 spiro atoms. The molecule has 0 unspecified atom stereocenters. The third-order valence-electron chi connectivity index (χ3n) is 4.83. The van der Waals surface area contributed by atoms with Gasteiger partial charge in [0.2, 0.25) is 0 Å². The summed E-state index contributed by atoms with van der Waals surface area (Å²) in [5, 5.41) is 14.5. The lowest BCUT2D eigenvalue weighted by atomic mass is 10.2. The quantitative estimate of drug-likeness (QED) is 0.923. The molecule has 2 fully saturated rings. The first-order valence-electron chi connectivity index (χ1n) is 8.46. The summed E-state index contributed by atoms with van der Waals surface area (Å²) in [4.78, 5) is 19.4. The van der Waals surface area contributed by atoms with Crippen LogP contribution in [0.2, 0.25) is 0 Å². The molecule has 2 amide bonds. The van der Waals surface area contributed by atoms with Gasteiger partial charge in [-0.3, -0.25) is 0 Å². The molecule has 0 radical (unpaired) electrons. The van der Waals surface area contributed by atoms with Gasteiger partial charge in [-0.25, -0.2) is 9.78 Å². The molecule has 1 saturated heterocycles. The van der Waals surface area contributed by atoms with Crippen LogP contribution in [0.3, 0.4) is 0 Å². The van der Waals surface area contributed by atoms with Crippen molar-refractivity contribution in [2.24, 2.45) is 13.0 Å². The number of rotatable bonds is 4. The maximum atomic E-state index is 12.9. The Balaban J connectivity index is 1.51. The predicted molar refractivity (Wildman–Crippen MR) is 90.5 cm³/mol. The third kappa shape index (κ3) is 2.90. The fourth-order valence-electron chi connectivity index (χ4n) is 3.41. The lowest BCUT2D eigenvalue weighted by molar-refractivity contribution is 0.184. The van der Waals surface area contributed by atoms with Gasteiger partial charge in [-0.05, 0) is 38.5 Å². The lowest BCUT2D eigenvalue weighted by Gasteiger charge is -2.26. The van der Waals surface area contributed by atoms with Crippen LogP contribution >= 0.6 is 11.3 Å². The Labute approximate surface area is 145 Å². The van der Waals surface area contributed by atoms with Gasteiger partial charge >= 0.3 is 6.03 Å². The van der Waals surface area contributed by atoms with Crippen LogP contribution < -0.4 is 5.32 Å². The summed E-state index contributed by atoms with van der Waals surface area (Å²) in [6, 6.07) is 0.0394. The number of aryl methyl sites for hydroxylation is 2. The van der Waals surface area contributed by atoms with Gasteiger partial charge in [0.1, 0.15) is 11.3 Å². The standard InChI is InChI=1S/C16H22N6OS/c1-10-8-24-15(18-10)13(11-5-6-11)19-16(23)22-7-3-4-12(22)14-20-17-9-21(14)2/h8-9,11-13H,3-7H2,1-2H3,(H,19,23)/t12-,13-/m0/s1. The van der Waals surface area contributed by atoms with Crippen molar-refractivity contribution in [1.29, 1.82) is 0 Å². The van der Waals surface area contributed by atoms with Crippen LogP contribution in [0.25, 0.3) is 0 Å². The Morgan fingerprint density at radius 3 is 2.88 bits per heavy atom. The van der Waals surface area contributed by atoms with E-state index >= 15 is 0 Å². The summed E-state index contributed by atoms with van der Waals surface area (Å²) in [6.45, 7) is 2.76. The van der Waals surface area contributed by atoms with Crippen molar-refractivity contribution < 1.29 is 4.79 Å². The molecule has 0 aromatic carbocycles. The normalized spacial score (nSPS) is 21.9. The van der Waals surface area contributed by atoms with E-state index in [0.717, 1.165) is 48.8 Å². The van der Waals surface area contributed by atoms with Gasteiger partial charge in [-0.15, -0.1) is 21.5 Å². The van der Waals surface area contributed by atoms with E-state index in [-0.39, 0.29) is 18.1 Å². The number of urea groups is 1. The molecule has 1 saturated carbocycles. The minimum absolute atomic E-state index is 0.00902. The molecule has 2 aliphatic rings. The fraction of sp³-hybridized carbons (Fsp3) is 0.625. The molecule has 24 heavy (non-hydrogen) atoms. The van der Waals surface area contributed by atoms with Gasteiger partial charge in [-0.2, -0.15) is 0 Å². The predicted octanol–water partition coefficient (Wildman–Crippen LogP) is 2.58. The van der Waals surface area contributed by atoms with Crippen LogP contribution in [0.1, 0.15) is 54.3 Å². The molecule has 7 nitrogen and oxygen atoms in total. The highest BCUT2D eigenvalue weighted by Crippen LogP contribution is 2.42. The average molecular weight is 346 g/mol. The topological polar surface area (TPSA) is 75.9 Å². The van der Waals surface area contributed by atoms with Crippen LogP contribution in [-0.2, 0) is 7.05 Å². The van der Waals surface area contributed by atoms with Crippen LogP contribution in [-0.4, -0.2) is 37.2 Å². The first-order valence-corrected chi connectivity index (χ1v) is 9.34. The minimum atomic E-state index is -0.00902. The first-order chi connectivity index (χ1) is 11.6. The molecule has 4 rings (SSSR count). The monoisotopic (exact) mass is 346 g/mol. The van der Waals surface area contributed by atoms with E-state index in [1.165, 1.54) is 0 Å². The molecular formula is C16H22N6OS. The third-order valence-corrected chi connectivity index (χ3v) is 5.88. The number of nitrogens with one attached hydrogen (secondary N) is 1. The van der Waals surface area contributed by atoms with Crippen molar-refractivity contribution in [2.75, 3.05) is 6.54 Å². The summed E-state index contributed by atoms with van der Waals surface area (Å²) in [7, 11) is 1.93. The number of hydrogen-bond acceptors (Lipinski definition) is 5. The van der Waals surface area contributed by atoms with Gasteiger partial charge < -0.3 is 14.8 Å². The molecule has 1 aliphatic carbocycles. The smallest absolute Gasteiger partial charge is 0.318 e. The molecule has 2 atom stereocenters. The summed E-state index contributed by atoms with van der Waals surface area (Å²) >= 11 is 1.64. The molecule has 128 valence electrons. The van der Waals surface area contributed by atoms with E-state index in [4.69, 9.17) is 0 Å². The van der Waals surface area contributed by atoms with Crippen LogP contribution in [0.4, 0.5) is 4.79 Å². The van der Waals surface area contributed by atoms with Gasteiger partial charge in [0.25, 0.3) is 0 Å². The number of likely N-dealkylation sites (tertiary alicyclic amines) is 1. The zero-order valence-electron chi connectivity index (χ0n) is 14.0. The van der Waals surface area contributed by atoms with E-state index in [9.17, 15) is 4.79 Å². The Kier molecular flexibility index (Phi) is 3.99. The fourth-order valence-corrected chi connectivity index (χ4v) is 4.35. The Morgan fingerprint density at radius 1 is 1.42 bits per heavy atom.